The zero-order valence-electron chi connectivity index (χ0n) is 9.56. The number of anilines is 1. The summed E-state index contributed by atoms with van der Waals surface area (Å²) in [4.78, 5) is 17.7. The molecule has 1 N–H and O–H groups in total. The SMILES string of the molecule is Cc1csc(N2CCC(C)(C(=O)O)CC2)n1. The van der Waals surface area contributed by atoms with E-state index in [9.17, 15) is 4.79 Å². The summed E-state index contributed by atoms with van der Waals surface area (Å²) < 4.78 is 0. The Kier molecular flexibility index (Phi) is 2.88. The van der Waals surface area contributed by atoms with Gasteiger partial charge in [0.05, 0.1) is 11.1 Å². The predicted octanol–water partition coefficient (Wildman–Crippen LogP) is 2.14. The Hall–Kier alpha value is -1.10. The van der Waals surface area contributed by atoms with Gasteiger partial charge in [0.25, 0.3) is 0 Å². The van der Waals surface area contributed by atoms with Gasteiger partial charge in [0.2, 0.25) is 0 Å². The number of rotatable bonds is 2. The molecule has 0 aliphatic carbocycles. The van der Waals surface area contributed by atoms with Crippen molar-refractivity contribution in [2.24, 2.45) is 5.41 Å². The van der Waals surface area contributed by atoms with Crippen LogP contribution in [0.4, 0.5) is 5.13 Å². The van der Waals surface area contributed by atoms with E-state index in [0.717, 1.165) is 23.9 Å². The highest BCUT2D eigenvalue weighted by atomic mass is 32.1. The minimum absolute atomic E-state index is 0.553. The van der Waals surface area contributed by atoms with Gasteiger partial charge < -0.3 is 10.0 Å². The van der Waals surface area contributed by atoms with Crippen LogP contribution in [0, 0.1) is 12.3 Å². The normalized spacial score (nSPS) is 19.8. The van der Waals surface area contributed by atoms with Crippen LogP contribution in [0.5, 0.6) is 0 Å². The number of nitrogens with zero attached hydrogens (tertiary/aromatic N) is 2. The number of carbonyl (C=O) groups is 1. The molecule has 0 atom stereocenters. The van der Waals surface area contributed by atoms with E-state index >= 15 is 0 Å². The van der Waals surface area contributed by atoms with Gasteiger partial charge in [0, 0.05) is 18.5 Å². The summed E-state index contributed by atoms with van der Waals surface area (Å²) >= 11 is 1.63. The van der Waals surface area contributed by atoms with Gasteiger partial charge >= 0.3 is 5.97 Å². The van der Waals surface area contributed by atoms with Gasteiger partial charge in [0.1, 0.15) is 0 Å². The van der Waals surface area contributed by atoms with Crippen molar-refractivity contribution >= 4 is 22.4 Å². The highest BCUT2D eigenvalue weighted by Crippen LogP contribution is 2.34. The molecule has 1 aliphatic heterocycles. The van der Waals surface area contributed by atoms with Gasteiger partial charge in [0.15, 0.2) is 5.13 Å². The van der Waals surface area contributed by atoms with Crippen LogP contribution in [-0.4, -0.2) is 29.1 Å². The predicted molar refractivity (Wildman–Crippen MR) is 64.0 cm³/mol. The molecule has 1 fully saturated rings. The van der Waals surface area contributed by atoms with Crippen LogP contribution in [-0.2, 0) is 4.79 Å². The van der Waals surface area contributed by atoms with Crippen molar-refractivity contribution in [3.63, 3.8) is 0 Å². The van der Waals surface area contributed by atoms with Crippen LogP contribution < -0.4 is 4.90 Å². The molecule has 5 heteroatoms. The maximum Gasteiger partial charge on any atom is 0.309 e. The van der Waals surface area contributed by atoms with E-state index in [1.807, 2.05) is 19.2 Å². The summed E-state index contributed by atoms with van der Waals surface area (Å²) in [6.45, 7) is 5.39. The molecule has 0 unspecified atom stereocenters. The van der Waals surface area contributed by atoms with E-state index in [1.165, 1.54) is 0 Å². The largest absolute Gasteiger partial charge is 0.481 e. The first kappa shape index (κ1) is 11.4. The minimum atomic E-state index is -0.678. The molecule has 0 amide bonds. The Labute approximate surface area is 98.9 Å². The maximum atomic E-state index is 11.1. The molecule has 1 aromatic rings. The quantitative estimate of drug-likeness (QED) is 0.860. The first-order valence-electron chi connectivity index (χ1n) is 5.42. The Bertz CT molecular complexity index is 394. The van der Waals surface area contributed by atoms with E-state index in [0.29, 0.717) is 12.8 Å². The molecule has 88 valence electrons. The lowest BCUT2D eigenvalue weighted by Gasteiger charge is -2.36. The third kappa shape index (κ3) is 2.04. The van der Waals surface area contributed by atoms with Crippen LogP contribution in [0.1, 0.15) is 25.5 Å². The number of hydrogen-bond acceptors (Lipinski definition) is 4. The molecular formula is C11H16N2O2S. The highest BCUT2D eigenvalue weighted by Gasteiger charge is 2.37. The molecular weight excluding hydrogens is 224 g/mol. The Morgan fingerprint density at radius 1 is 1.56 bits per heavy atom. The van der Waals surface area contributed by atoms with Crippen molar-refractivity contribution in [2.45, 2.75) is 26.7 Å². The van der Waals surface area contributed by atoms with Crippen LogP contribution >= 0.6 is 11.3 Å². The first-order valence-corrected chi connectivity index (χ1v) is 6.30. The fourth-order valence-corrected chi connectivity index (χ4v) is 2.75. The van der Waals surface area contributed by atoms with E-state index in [4.69, 9.17) is 5.11 Å². The van der Waals surface area contributed by atoms with E-state index in [2.05, 4.69) is 9.88 Å². The molecule has 1 saturated heterocycles. The zero-order valence-corrected chi connectivity index (χ0v) is 10.4. The lowest BCUT2D eigenvalue weighted by molar-refractivity contribution is -0.149. The minimum Gasteiger partial charge on any atom is -0.481 e. The fraction of sp³-hybridized carbons (Fsp3) is 0.636. The third-order valence-corrected chi connectivity index (χ3v) is 4.28. The summed E-state index contributed by atoms with van der Waals surface area (Å²) in [6.07, 6.45) is 1.39. The number of piperidine rings is 1. The van der Waals surface area contributed by atoms with Gasteiger partial charge in [-0.15, -0.1) is 11.3 Å². The third-order valence-electron chi connectivity index (χ3n) is 3.26. The second-order valence-corrected chi connectivity index (χ2v) is 5.46. The molecule has 2 rings (SSSR count). The molecule has 0 radical (unpaired) electrons. The zero-order chi connectivity index (χ0) is 11.8. The first-order chi connectivity index (χ1) is 7.51. The van der Waals surface area contributed by atoms with Crippen molar-refractivity contribution in [3.8, 4) is 0 Å². The lowest BCUT2D eigenvalue weighted by atomic mass is 9.81. The van der Waals surface area contributed by atoms with Crippen LogP contribution in [0.3, 0.4) is 0 Å². The standard InChI is InChI=1S/C11H16N2O2S/c1-8-7-16-10(12-8)13-5-3-11(2,4-6-13)9(14)15/h7H,3-6H2,1-2H3,(H,14,15). The number of carboxylic acids is 1. The smallest absolute Gasteiger partial charge is 0.309 e. The van der Waals surface area contributed by atoms with Gasteiger partial charge in [-0.1, -0.05) is 0 Å². The molecule has 0 spiro atoms. The number of aliphatic carboxylic acids is 1. The number of carboxylic acid groups (broad SMARTS) is 1. The monoisotopic (exact) mass is 240 g/mol. The number of thiazole rings is 1. The number of aromatic nitrogens is 1. The lowest BCUT2D eigenvalue weighted by Crippen LogP contribution is -2.42. The average Bonchev–Trinajstić information content (AvgIpc) is 2.66. The van der Waals surface area contributed by atoms with Gasteiger partial charge in [-0.05, 0) is 26.7 Å². The van der Waals surface area contributed by atoms with Crippen molar-refractivity contribution in [3.05, 3.63) is 11.1 Å². The van der Waals surface area contributed by atoms with Crippen molar-refractivity contribution in [2.75, 3.05) is 18.0 Å². The molecule has 2 heterocycles. The summed E-state index contributed by atoms with van der Waals surface area (Å²) in [6, 6.07) is 0. The molecule has 1 aromatic heterocycles. The Balaban J connectivity index is 2.03. The van der Waals surface area contributed by atoms with E-state index in [1.54, 1.807) is 11.3 Å². The summed E-state index contributed by atoms with van der Waals surface area (Å²) in [5.41, 5.74) is 0.481. The van der Waals surface area contributed by atoms with Crippen LogP contribution in [0.15, 0.2) is 5.38 Å². The average molecular weight is 240 g/mol. The maximum absolute atomic E-state index is 11.1. The molecule has 16 heavy (non-hydrogen) atoms. The molecule has 0 saturated carbocycles. The Morgan fingerprint density at radius 3 is 2.62 bits per heavy atom. The van der Waals surface area contributed by atoms with Gasteiger partial charge in [-0.2, -0.15) is 0 Å². The van der Waals surface area contributed by atoms with Crippen molar-refractivity contribution < 1.29 is 9.90 Å². The van der Waals surface area contributed by atoms with Crippen LogP contribution in [0.2, 0.25) is 0 Å². The second kappa shape index (κ2) is 4.05. The van der Waals surface area contributed by atoms with Gasteiger partial charge in [-0.3, -0.25) is 4.79 Å². The van der Waals surface area contributed by atoms with E-state index < -0.39 is 11.4 Å². The highest BCUT2D eigenvalue weighted by molar-refractivity contribution is 7.13. The van der Waals surface area contributed by atoms with Crippen LogP contribution in [0.25, 0.3) is 0 Å². The molecule has 0 bridgehead atoms. The summed E-state index contributed by atoms with van der Waals surface area (Å²) in [5, 5.41) is 12.2. The topological polar surface area (TPSA) is 53.4 Å². The second-order valence-electron chi connectivity index (χ2n) is 4.62. The number of aryl methyl sites for hydroxylation is 1. The number of hydrogen-bond donors (Lipinski definition) is 1. The van der Waals surface area contributed by atoms with Gasteiger partial charge in [-0.25, -0.2) is 4.98 Å². The molecule has 0 aromatic carbocycles. The van der Waals surface area contributed by atoms with Crippen molar-refractivity contribution in [1.82, 2.24) is 4.98 Å². The van der Waals surface area contributed by atoms with Crippen molar-refractivity contribution in [1.29, 1.82) is 0 Å². The molecule has 1 aliphatic rings. The fourth-order valence-electron chi connectivity index (χ4n) is 1.89. The summed E-state index contributed by atoms with van der Waals surface area (Å²) in [5.74, 6) is -0.678. The Morgan fingerprint density at radius 2 is 2.19 bits per heavy atom. The van der Waals surface area contributed by atoms with E-state index in [-0.39, 0.29) is 0 Å². The molecule has 4 nitrogen and oxygen atoms in total. The summed E-state index contributed by atoms with van der Waals surface area (Å²) in [7, 11) is 0.